The second-order valence-electron chi connectivity index (χ2n) is 2.78. The first kappa shape index (κ1) is 11.3. The van der Waals surface area contributed by atoms with Crippen LogP contribution < -0.4 is 11.5 Å². The van der Waals surface area contributed by atoms with Crippen LogP contribution in [0.15, 0.2) is 12.1 Å². The second-order valence-corrected chi connectivity index (χ2v) is 2.78. The average molecular weight is 222 g/mol. The number of amides is 1. The number of nitrogen functional groups attached to an aromatic ring is 1. The van der Waals surface area contributed by atoms with Crippen LogP contribution in [0.25, 0.3) is 0 Å². The maximum Gasteiger partial charge on any atom is 0.416 e. The number of rotatable bonds is 1. The number of alkyl halides is 3. The number of halogens is 4. The van der Waals surface area contributed by atoms with Gasteiger partial charge in [-0.3, -0.25) is 4.79 Å². The molecule has 1 amide bonds. The Morgan fingerprint density at radius 2 is 1.80 bits per heavy atom. The summed E-state index contributed by atoms with van der Waals surface area (Å²) in [5.41, 5.74) is 7.13. The molecular formula is C8H6F4N2O. The number of nitrogens with two attached hydrogens (primary N) is 2. The Morgan fingerprint density at radius 1 is 1.27 bits per heavy atom. The van der Waals surface area contributed by atoms with Crippen molar-refractivity contribution in [1.82, 2.24) is 0 Å². The van der Waals surface area contributed by atoms with Crippen molar-refractivity contribution in [3.8, 4) is 0 Å². The van der Waals surface area contributed by atoms with Crippen molar-refractivity contribution in [1.29, 1.82) is 0 Å². The third kappa shape index (κ3) is 2.17. The van der Waals surface area contributed by atoms with Gasteiger partial charge in [-0.15, -0.1) is 0 Å². The summed E-state index contributed by atoms with van der Waals surface area (Å²) < 4.78 is 49.4. The molecule has 1 rings (SSSR count). The van der Waals surface area contributed by atoms with Crippen LogP contribution in [0.5, 0.6) is 0 Å². The van der Waals surface area contributed by atoms with E-state index in [9.17, 15) is 22.4 Å². The first-order valence-corrected chi connectivity index (χ1v) is 3.69. The van der Waals surface area contributed by atoms with Crippen molar-refractivity contribution in [2.24, 2.45) is 5.73 Å². The lowest BCUT2D eigenvalue weighted by atomic mass is 10.1. The van der Waals surface area contributed by atoms with Gasteiger partial charge in [0.05, 0.1) is 16.8 Å². The largest absolute Gasteiger partial charge is 0.416 e. The highest BCUT2D eigenvalue weighted by molar-refractivity contribution is 5.98. The van der Waals surface area contributed by atoms with Crippen LogP contribution in [0.3, 0.4) is 0 Å². The van der Waals surface area contributed by atoms with Crippen LogP contribution in [-0.4, -0.2) is 5.91 Å². The van der Waals surface area contributed by atoms with Crippen molar-refractivity contribution in [2.75, 3.05) is 5.73 Å². The molecule has 1 aromatic carbocycles. The Kier molecular flexibility index (Phi) is 2.57. The van der Waals surface area contributed by atoms with Crippen molar-refractivity contribution in [3.63, 3.8) is 0 Å². The highest BCUT2D eigenvalue weighted by Gasteiger charge is 2.32. The predicted molar refractivity (Wildman–Crippen MR) is 44.3 cm³/mol. The van der Waals surface area contributed by atoms with E-state index in [-0.39, 0.29) is 6.07 Å². The van der Waals surface area contributed by atoms with E-state index in [1.54, 1.807) is 0 Å². The number of carbonyl (C=O) groups is 1. The molecule has 0 aliphatic carbocycles. The van der Waals surface area contributed by atoms with Gasteiger partial charge in [0.1, 0.15) is 5.82 Å². The molecule has 82 valence electrons. The minimum atomic E-state index is -4.75. The van der Waals surface area contributed by atoms with Crippen LogP contribution in [0.1, 0.15) is 15.9 Å². The third-order valence-electron chi connectivity index (χ3n) is 1.72. The molecule has 0 unspecified atom stereocenters. The quantitative estimate of drug-likeness (QED) is 0.558. The molecule has 7 heteroatoms. The number of anilines is 1. The molecule has 0 spiro atoms. The molecule has 0 bridgehead atoms. The Hall–Kier alpha value is -1.79. The fraction of sp³-hybridized carbons (Fsp3) is 0.125. The number of primary amides is 1. The topological polar surface area (TPSA) is 69.1 Å². The zero-order valence-corrected chi connectivity index (χ0v) is 7.23. The lowest BCUT2D eigenvalue weighted by molar-refractivity contribution is -0.137. The van der Waals surface area contributed by atoms with Gasteiger partial charge in [-0.05, 0) is 12.1 Å². The maximum absolute atomic E-state index is 12.9. The van der Waals surface area contributed by atoms with Crippen molar-refractivity contribution in [3.05, 3.63) is 29.1 Å². The summed E-state index contributed by atoms with van der Waals surface area (Å²) in [5, 5.41) is 0. The van der Waals surface area contributed by atoms with Gasteiger partial charge in [0.15, 0.2) is 0 Å². The smallest absolute Gasteiger partial charge is 0.396 e. The minimum Gasteiger partial charge on any atom is -0.396 e. The number of carbonyl (C=O) groups excluding carboxylic acids is 1. The van der Waals surface area contributed by atoms with E-state index in [4.69, 9.17) is 11.5 Å². The standard InChI is InChI=1S/C8H6F4N2O/c9-5-2-3(8(10,11)12)1-4(6(5)13)7(14)15/h1-2H,13H2,(H2,14,15). The minimum absolute atomic E-state index is 0.210. The number of hydrogen-bond acceptors (Lipinski definition) is 2. The summed E-state index contributed by atoms with van der Waals surface area (Å²) in [6.07, 6.45) is -4.75. The molecule has 0 atom stereocenters. The van der Waals surface area contributed by atoms with E-state index < -0.39 is 34.7 Å². The maximum atomic E-state index is 12.9. The van der Waals surface area contributed by atoms with E-state index in [0.29, 0.717) is 6.07 Å². The molecular weight excluding hydrogens is 216 g/mol. The van der Waals surface area contributed by atoms with Crippen LogP contribution in [0, 0.1) is 5.82 Å². The Balaban J connectivity index is 3.43. The molecule has 0 heterocycles. The Morgan fingerprint density at radius 3 is 2.20 bits per heavy atom. The van der Waals surface area contributed by atoms with Gasteiger partial charge in [-0.2, -0.15) is 13.2 Å². The zero-order valence-electron chi connectivity index (χ0n) is 7.23. The van der Waals surface area contributed by atoms with Gasteiger partial charge < -0.3 is 11.5 Å². The second kappa shape index (κ2) is 3.41. The summed E-state index contributed by atoms with van der Waals surface area (Å²) in [5.74, 6) is -2.53. The lowest BCUT2D eigenvalue weighted by Gasteiger charge is -2.10. The summed E-state index contributed by atoms with van der Waals surface area (Å²) in [4.78, 5) is 10.7. The Labute approximate surface area is 81.7 Å². The van der Waals surface area contributed by atoms with Gasteiger partial charge >= 0.3 is 6.18 Å². The molecule has 0 saturated carbocycles. The van der Waals surface area contributed by atoms with Gasteiger partial charge in [-0.25, -0.2) is 4.39 Å². The number of hydrogen-bond donors (Lipinski definition) is 2. The van der Waals surface area contributed by atoms with Crippen LogP contribution in [-0.2, 0) is 6.18 Å². The fourth-order valence-corrected chi connectivity index (χ4v) is 0.985. The molecule has 0 aromatic heterocycles. The van der Waals surface area contributed by atoms with E-state index in [1.165, 1.54) is 0 Å². The van der Waals surface area contributed by atoms with Crippen LogP contribution in [0.2, 0.25) is 0 Å². The average Bonchev–Trinajstić information content (AvgIpc) is 2.06. The fourth-order valence-electron chi connectivity index (χ4n) is 0.985. The first-order valence-electron chi connectivity index (χ1n) is 3.69. The van der Waals surface area contributed by atoms with Crippen molar-refractivity contribution in [2.45, 2.75) is 6.18 Å². The van der Waals surface area contributed by atoms with E-state index >= 15 is 0 Å². The highest BCUT2D eigenvalue weighted by atomic mass is 19.4. The van der Waals surface area contributed by atoms with E-state index in [2.05, 4.69) is 0 Å². The van der Waals surface area contributed by atoms with E-state index in [0.717, 1.165) is 0 Å². The van der Waals surface area contributed by atoms with Crippen LogP contribution >= 0.6 is 0 Å². The van der Waals surface area contributed by atoms with Gasteiger partial charge in [-0.1, -0.05) is 0 Å². The van der Waals surface area contributed by atoms with Crippen molar-refractivity contribution < 1.29 is 22.4 Å². The monoisotopic (exact) mass is 222 g/mol. The SMILES string of the molecule is NC(=O)c1cc(C(F)(F)F)cc(F)c1N. The predicted octanol–water partition coefficient (Wildman–Crippen LogP) is 1.53. The summed E-state index contributed by atoms with van der Waals surface area (Å²) in [6.45, 7) is 0. The summed E-state index contributed by atoms with van der Waals surface area (Å²) in [6, 6.07) is 0.627. The van der Waals surface area contributed by atoms with Gasteiger partial charge in [0.2, 0.25) is 0 Å². The molecule has 0 aliphatic rings. The normalized spacial score (nSPS) is 11.5. The molecule has 0 saturated heterocycles. The third-order valence-corrected chi connectivity index (χ3v) is 1.72. The molecule has 4 N–H and O–H groups in total. The van der Waals surface area contributed by atoms with Gasteiger partial charge in [0.25, 0.3) is 5.91 Å². The summed E-state index contributed by atoms with van der Waals surface area (Å²) in [7, 11) is 0. The highest BCUT2D eigenvalue weighted by Crippen LogP contribution is 2.32. The molecule has 1 aromatic rings. The molecule has 3 nitrogen and oxygen atoms in total. The lowest BCUT2D eigenvalue weighted by Crippen LogP contribution is -2.17. The summed E-state index contributed by atoms with van der Waals surface area (Å²) >= 11 is 0. The first-order chi connectivity index (χ1) is 6.73. The molecule has 0 aliphatic heterocycles. The zero-order chi connectivity index (χ0) is 11.8. The molecule has 15 heavy (non-hydrogen) atoms. The van der Waals surface area contributed by atoms with Crippen LogP contribution in [0.4, 0.5) is 23.2 Å². The Bertz CT molecular complexity index is 414. The number of benzene rings is 1. The van der Waals surface area contributed by atoms with Crippen molar-refractivity contribution >= 4 is 11.6 Å². The van der Waals surface area contributed by atoms with E-state index in [1.807, 2.05) is 0 Å². The van der Waals surface area contributed by atoms with Gasteiger partial charge in [0, 0.05) is 0 Å². The molecule has 0 fully saturated rings. The molecule has 0 radical (unpaired) electrons.